The van der Waals surface area contributed by atoms with Crippen molar-refractivity contribution in [2.24, 2.45) is 0 Å². The minimum Gasteiger partial charge on any atom is -0.388 e. The zero-order valence-electron chi connectivity index (χ0n) is 12.1. The van der Waals surface area contributed by atoms with Crippen LogP contribution in [0.1, 0.15) is 25.7 Å². The highest BCUT2D eigenvalue weighted by Crippen LogP contribution is 2.22. The van der Waals surface area contributed by atoms with Crippen molar-refractivity contribution in [3.8, 4) is 0 Å². The molecule has 116 valence electrons. The monoisotopic (exact) mass is 294 g/mol. The van der Waals surface area contributed by atoms with Crippen LogP contribution in [-0.4, -0.2) is 58.5 Å². The Morgan fingerprint density at radius 2 is 1.90 bits per heavy atom. The molecule has 0 bridgehead atoms. The number of aliphatic hydroxyl groups is 1. The Bertz CT molecular complexity index is 486. The molecule has 4 N–H and O–H groups in total. The van der Waals surface area contributed by atoms with Crippen LogP contribution in [0.15, 0.2) is 0 Å². The second kappa shape index (κ2) is 5.98. The van der Waals surface area contributed by atoms with Crippen LogP contribution < -0.4 is 16.0 Å². The molecular weight excluding hydrogens is 272 g/mol. The number of anilines is 3. The van der Waals surface area contributed by atoms with Crippen LogP contribution in [0.2, 0.25) is 0 Å². The summed E-state index contributed by atoms with van der Waals surface area (Å²) in [6, 6.07) is 0. The average Bonchev–Trinajstić information content (AvgIpc) is 3.00. The summed E-state index contributed by atoms with van der Waals surface area (Å²) in [6.07, 6.45) is 3.52. The van der Waals surface area contributed by atoms with Crippen molar-refractivity contribution in [2.75, 3.05) is 48.8 Å². The third kappa shape index (κ3) is 3.51. The molecule has 3 heterocycles. The molecule has 8 heteroatoms. The molecule has 21 heavy (non-hydrogen) atoms. The van der Waals surface area contributed by atoms with Gasteiger partial charge in [0.2, 0.25) is 17.8 Å². The Morgan fingerprint density at radius 3 is 2.62 bits per heavy atom. The van der Waals surface area contributed by atoms with Gasteiger partial charge in [0.05, 0.1) is 5.60 Å². The van der Waals surface area contributed by atoms with Crippen LogP contribution in [0.3, 0.4) is 0 Å². The number of nitrogens with zero attached hydrogens (tertiary/aromatic N) is 4. The van der Waals surface area contributed by atoms with E-state index in [2.05, 4.69) is 25.2 Å². The van der Waals surface area contributed by atoms with E-state index in [4.69, 9.17) is 10.5 Å². The van der Waals surface area contributed by atoms with Gasteiger partial charge in [-0.25, -0.2) is 0 Å². The van der Waals surface area contributed by atoms with Crippen molar-refractivity contribution in [1.29, 1.82) is 0 Å². The number of ether oxygens (including phenoxy) is 1. The smallest absolute Gasteiger partial charge is 0.231 e. The van der Waals surface area contributed by atoms with Crippen molar-refractivity contribution in [3.63, 3.8) is 0 Å². The highest BCUT2D eigenvalue weighted by Gasteiger charge is 2.30. The summed E-state index contributed by atoms with van der Waals surface area (Å²) in [5.41, 5.74) is 4.99. The van der Waals surface area contributed by atoms with E-state index >= 15 is 0 Å². The van der Waals surface area contributed by atoms with Crippen LogP contribution in [0.4, 0.5) is 17.8 Å². The van der Waals surface area contributed by atoms with Crippen LogP contribution in [0.5, 0.6) is 0 Å². The maximum absolute atomic E-state index is 10.4. The number of nitrogen functional groups attached to an aromatic ring is 1. The van der Waals surface area contributed by atoms with Gasteiger partial charge in [-0.3, -0.25) is 0 Å². The first kappa shape index (κ1) is 14.3. The maximum Gasteiger partial charge on any atom is 0.231 e. The molecule has 0 amide bonds. The van der Waals surface area contributed by atoms with Gasteiger partial charge in [-0.15, -0.1) is 0 Å². The zero-order valence-corrected chi connectivity index (χ0v) is 12.1. The topological polar surface area (TPSA) is 109 Å². The van der Waals surface area contributed by atoms with E-state index in [1.165, 1.54) is 0 Å². The molecule has 2 fully saturated rings. The van der Waals surface area contributed by atoms with Crippen molar-refractivity contribution in [3.05, 3.63) is 0 Å². The Morgan fingerprint density at radius 1 is 1.19 bits per heavy atom. The van der Waals surface area contributed by atoms with Crippen molar-refractivity contribution in [1.82, 2.24) is 15.0 Å². The first-order valence-electron chi connectivity index (χ1n) is 7.45. The van der Waals surface area contributed by atoms with E-state index in [1.54, 1.807) is 0 Å². The van der Waals surface area contributed by atoms with Gasteiger partial charge < -0.3 is 25.8 Å². The number of rotatable bonds is 4. The predicted octanol–water partition coefficient (Wildman–Crippen LogP) is 0.00740. The molecule has 0 unspecified atom stereocenters. The number of aromatic nitrogens is 3. The lowest BCUT2D eigenvalue weighted by molar-refractivity contribution is -0.0544. The van der Waals surface area contributed by atoms with Crippen LogP contribution >= 0.6 is 0 Å². The molecule has 0 aliphatic carbocycles. The standard InChI is InChI=1S/C13H22N6O2/c14-10-16-11(15-9-13(20)3-7-21-8-4-13)18-12(17-10)19-5-1-2-6-19/h20H,1-9H2,(H3,14,15,16,17,18). The zero-order chi connectivity index (χ0) is 14.7. The normalized spacial score (nSPS) is 21.5. The van der Waals surface area contributed by atoms with Crippen molar-refractivity contribution < 1.29 is 9.84 Å². The summed E-state index contributed by atoms with van der Waals surface area (Å²) in [5, 5.41) is 13.5. The predicted molar refractivity (Wildman–Crippen MR) is 79.2 cm³/mol. The van der Waals surface area contributed by atoms with Gasteiger partial charge in [-0.1, -0.05) is 0 Å². The van der Waals surface area contributed by atoms with E-state index in [-0.39, 0.29) is 5.95 Å². The summed E-state index contributed by atoms with van der Waals surface area (Å²) in [6.45, 7) is 3.45. The van der Waals surface area contributed by atoms with Crippen molar-refractivity contribution >= 4 is 17.8 Å². The first-order chi connectivity index (χ1) is 10.1. The molecule has 3 rings (SSSR count). The van der Waals surface area contributed by atoms with Gasteiger partial charge >= 0.3 is 0 Å². The average molecular weight is 294 g/mol. The minimum atomic E-state index is -0.770. The Balaban J connectivity index is 1.67. The molecule has 0 saturated carbocycles. The summed E-state index contributed by atoms with van der Waals surface area (Å²) in [7, 11) is 0. The van der Waals surface area contributed by atoms with Gasteiger partial charge in [-0.05, 0) is 12.8 Å². The molecule has 0 spiro atoms. The van der Waals surface area contributed by atoms with E-state index in [1.807, 2.05) is 0 Å². The summed E-state index contributed by atoms with van der Waals surface area (Å²) in [4.78, 5) is 14.8. The molecule has 1 aromatic rings. The maximum atomic E-state index is 10.4. The number of hydrogen-bond donors (Lipinski definition) is 3. The van der Waals surface area contributed by atoms with Gasteiger partial charge in [-0.2, -0.15) is 15.0 Å². The molecule has 1 aromatic heterocycles. The number of hydrogen-bond acceptors (Lipinski definition) is 8. The van der Waals surface area contributed by atoms with Crippen molar-refractivity contribution in [2.45, 2.75) is 31.3 Å². The second-order valence-corrected chi connectivity index (χ2v) is 5.70. The molecule has 2 saturated heterocycles. The van der Waals surface area contributed by atoms with E-state index in [0.29, 0.717) is 44.5 Å². The minimum absolute atomic E-state index is 0.202. The second-order valence-electron chi connectivity index (χ2n) is 5.70. The quantitative estimate of drug-likeness (QED) is 0.712. The lowest BCUT2D eigenvalue weighted by Gasteiger charge is -2.32. The molecule has 8 nitrogen and oxygen atoms in total. The van der Waals surface area contributed by atoms with Crippen LogP contribution in [0.25, 0.3) is 0 Å². The summed E-state index contributed by atoms with van der Waals surface area (Å²) >= 11 is 0. The number of nitrogens with one attached hydrogen (secondary N) is 1. The molecule has 0 atom stereocenters. The molecule has 2 aliphatic rings. The van der Waals surface area contributed by atoms with E-state index < -0.39 is 5.60 Å². The fourth-order valence-corrected chi connectivity index (χ4v) is 2.69. The molecule has 2 aliphatic heterocycles. The van der Waals surface area contributed by atoms with E-state index in [0.717, 1.165) is 25.9 Å². The third-order valence-corrected chi connectivity index (χ3v) is 4.03. The molecular formula is C13H22N6O2. The highest BCUT2D eigenvalue weighted by atomic mass is 16.5. The fraction of sp³-hybridized carbons (Fsp3) is 0.769. The van der Waals surface area contributed by atoms with Gasteiger partial charge in [0, 0.05) is 45.7 Å². The number of nitrogens with two attached hydrogens (primary N) is 1. The van der Waals surface area contributed by atoms with Gasteiger partial charge in [0.1, 0.15) is 0 Å². The van der Waals surface area contributed by atoms with Gasteiger partial charge in [0.25, 0.3) is 0 Å². The Labute approximate surface area is 123 Å². The Hall–Kier alpha value is -1.67. The molecule has 0 radical (unpaired) electrons. The van der Waals surface area contributed by atoms with Crippen LogP contribution in [-0.2, 0) is 4.74 Å². The summed E-state index contributed by atoms with van der Waals surface area (Å²) < 4.78 is 5.27. The highest BCUT2D eigenvalue weighted by molar-refractivity contribution is 5.42. The lowest BCUT2D eigenvalue weighted by Crippen LogP contribution is -2.42. The largest absolute Gasteiger partial charge is 0.388 e. The third-order valence-electron chi connectivity index (χ3n) is 4.03. The SMILES string of the molecule is Nc1nc(NCC2(O)CCOCC2)nc(N2CCCC2)n1. The first-order valence-corrected chi connectivity index (χ1v) is 7.45. The summed E-state index contributed by atoms with van der Waals surface area (Å²) in [5.74, 6) is 1.24. The van der Waals surface area contributed by atoms with Gasteiger partial charge in [0.15, 0.2) is 0 Å². The van der Waals surface area contributed by atoms with Crippen LogP contribution in [0, 0.1) is 0 Å². The molecule has 0 aromatic carbocycles. The van der Waals surface area contributed by atoms with E-state index in [9.17, 15) is 5.11 Å². The Kier molecular flexibility index (Phi) is 4.07. The lowest BCUT2D eigenvalue weighted by atomic mass is 9.94. The fourth-order valence-electron chi connectivity index (χ4n) is 2.69.